The third-order valence-electron chi connectivity index (χ3n) is 4.82. The highest BCUT2D eigenvalue weighted by atomic mass is 35.5. The van der Waals surface area contributed by atoms with Crippen LogP contribution < -0.4 is 5.32 Å². The first-order valence-electron chi connectivity index (χ1n) is 9.58. The van der Waals surface area contributed by atoms with Gasteiger partial charge in [0.2, 0.25) is 10.0 Å². The molecule has 1 aromatic carbocycles. The van der Waals surface area contributed by atoms with E-state index >= 15 is 0 Å². The van der Waals surface area contributed by atoms with E-state index in [2.05, 4.69) is 10.3 Å². The minimum absolute atomic E-state index is 0.0147. The van der Waals surface area contributed by atoms with Crippen LogP contribution in [-0.4, -0.2) is 49.3 Å². The second kappa shape index (κ2) is 9.95. The molecular weight excluding hydrogens is 465 g/mol. The molecule has 0 radical (unpaired) electrons. The predicted octanol–water partition coefficient (Wildman–Crippen LogP) is 3.67. The Labute approximate surface area is 190 Å². The van der Waals surface area contributed by atoms with Gasteiger partial charge >= 0.3 is 5.97 Å². The minimum atomic E-state index is -3.69. The maximum atomic E-state index is 12.8. The lowest BCUT2D eigenvalue weighted by atomic mass is 10.2. The Kier molecular flexibility index (Phi) is 7.53. The van der Waals surface area contributed by atoms with E-state index in [4.69, 9.17) is 27.9 Å². The number of carbonyl (C=O) groups is 2. The molecule has 1 aliphatic rings. The van der Waals surface area contributed by atoms with Gasteiger partial charge in [-0.25, -0.2) is 18.2 Å². The van der Waals surface area contributed by atoms with E-state index in [0.29, 0.717) is 23.7 Å². The zero-order valence-electron chi connectivity index (χ0n) is 16.7. The number of aromatic nitrogens is 1. The quantitative estimate of drug-likeness (QED) is 0.625. The van der Waals surface area contributed by atoms with Gasteiger partial charge in [-0.2, -0.15) is 4.31 Å². The van der Waals surface area contributed by atoms with Gasteiger partial charge in [-0.15, -0.1) is 0 Å². The molecule has 0 atom stereocenters. The molecule has 1 N–H and O–H groups in total. The molecule has 166 valence electrons. The predicted molar refractivity (Wildman–Crippen MR) is 117 cm³/mol. The smallest absolute Gasteiger partial charge is 0.338 e. The van der Waals surface area contributed by atoms with E-state index in [0.717, 1.165) is 19.3 Å². The van der Waals surface area contributed by atoms with Crippen molar-refractivity contribution in [2.24, 2.45) is 0 Å². The van der Waals surface area contributed by atoms with Crippen molar-refractivity contribution in [1.29, 1.82) is 0 Å². The second-order valence-corrected chi connectivity index (χ2v) is 9.73. The van der Waals surface area contributed by atoms with Gasteiger partial charge in [0.15, 0.2) is 12.4 Å². The number of pyridine rings is 1. The Hall–Kier alpha value is -2.20. The summed E-state index contributed by atoms with van der Waals surface area (Å²) in [5.41, 5.74) is 0.585. The van der Waals surface area contributed by atoms with Crippen molar-refractivity contribution in [3.05, 3.63) is 51.6 Å². The van der Waals surface area contributed by atoms with Gasteiger partial charge in [-0.3, -0.25) is 4.79 Å². The van der Waals surface area contributed by atoms with Crippen LogP contribution in [0, 0.1) is 6.92 Å². The number of anilines is 1. The topological polar surface area (TPSA) is 106 Å². The molecule has 31 heavy (non-hydrogen) atoms. The lowest BCUT2D eigenvalue weighted by Gasteiger charge is -2.25. The normalized spacial score (nSPS) is 14.8. The van der Waals surface area contributed by atoms with Crippen LogP contribution in [0.4, 0.5) is 5.82 Å². The van der Waals surface area contributed by atoms with Crippen molar-refractivity contribution in [2.75, 3.05) is 25.0 Å². The number of amides is 1. The number of nitrogens with one attached hydrogen (secondary N) is 1. The van der Waals surface area contributed by atoms with Gasteiger partial charge in [0.1, 0.15) is 0 Å². The maximum Gasteiger partial charge on any atom is 0.338 e. The summed E-state index contributed by atoms with van der Waals surface area (Å²) in [6, 6.07) is 5.58. The van der Waals surface area contributed by atoms with E-state index in [1.54, 1.807) is 6.92 Å². The molecule has 0 bridgehead atoms. The molecule has 1 amide bonds. The number of rotatable bonds is 6. The molecule has 0 saturated carbocycles. The molecule has 1 aliphatic heterocycles. The van der Waals surface area contributed by atoms with Gasteiger partial charge in [0, 0.05) is 19.3 Å². The Morgan fingerprint density at radius 1 is 1.19 bits per heavy atom. The third-order valence-corrected chi connectivity index (χ3v) is 7.56. The number of ether oxygens (including phenoxy) is 1. The van der Waals surface area contributed by atoms with Gasteiger partial charge < -0.3 is 10.1 Å². The van der Waals surface area contributed by atoms with Crippen LogP contribution in [0.3, 0.4) is 0 Å². The van der Waals surface area contributed by atoms with Gasteiger partial charge in [0.25, 0.3) is 5.91 Å². The Morgan fingerprint density at radius 2 is 1.90 bits per heavy atom. The first-order chi connectivity index (χ1) is 14.7. The first kappa shape index (κ1) is 23.5. The molecule has 1 saturated heterocycles. The lowest BCUT2D eigenvalue weighted by molar-refractivity contribution is -0.119. The Balaban J connectivity index is 1.64. The molecule has 2 aromatic rings. The minimum Gasteiger partial charge on any atom is -0.452 e. The van der Waals surface area contributed by atoms with Crippen LogP contribution in [-0.2, 0) is 19.6 Å². The number of piperidine rings is 1. The van der Waals surface area contributed by atoms with E-state index in [1.807, 2.05) is 0 Å². The summed E-state index contributed by atoms with van der Waals surface area (Å²) in [7, 11) is -3.69. The molecule has 8 nitrogen and oxygen atoms in total. The molecule has 3 rings (SSSR count). The molecular formula is C20H21Cl2N3O5S. The second-order valence-electron chi connectivity index (χ2n) is 7.01. The van der Waals surface area contributed by atoms with Crippen LogP contribution in [0.2, 0.25) is 10.0 Å². The average molecular weight is 486 g/mol. The monoisotopic (exact) mass is 485 g/mol. The SMILES string of the molecule is Cc1c(Cl)cnc(NC(=O)COC(=O)c2cccc(S(=O)(=O)N3CCCCC3)c2)c1Cl. The van der Waals surface area contributed by atoms with Crippen LogP contribution in [0.25, 0.3) is 0 Å². The first-order valence-corrected chi connectivity index (χ1v) is 11.8. The number of halogens is 2. The highest BCUT2D eigenvalue weighted by Crippen LogP contribution is 2.28. The summed E-state index contributed by atoms with van der Waals surface area (Å²) in [4.78, 5) is 28.4. The fraction of sp³-hybridized carbons (Fsp3) is 0.350. The van der Waals surface area contributed by atoms with E-state index in [-0.39, 0.29) is 21.3 Å². The summed E-state index contributed by atoms with van der Waals surface area (Å²) in [5.74, 6) is -1.38. The van der Waals surface area contributed by atoms with Crippen molar-refractivity contribution < 1.29 is 22.7 Å². The molecule has 0 aliphatic carbocycles. The molecule has 0 unspecified atom stereocenters. The zero-order chi connectivity index (χ0) is 22.6. The zero-order valence-corrected chi connectivity index (χ0v) is 19.1. The van der Waals surface area contributed by atoms with Crippen molar-refractivity contribution in [1.82, 2.24) is 9.29 Å². The van der Waals surface area contributed by atoms with E-state index in [1.165, 1.54) is 34.8 Å². The number of sulfonamides is 1. The highest BCUT2D eigenvalue weighted by Gasteiger charge is 2.26. The van der Waals surface area contributed by atoms with E-state index < -0.39 is 28.5 Å². The summed E-state index contributed by atoms with van der Waals surface area (Å²) in [5, 5.41) is 2.98. The van der Waals surface area contributed by atoms with Crippen LogP contribution in [0.1, 0.15) is 35.2 Å². The number of hydrogen-bond donors (Lipinski definition) is 1. The number of nitrogens with zero attached hydrogens (tertiary/aromatic N) is 2. The molecule has 1 fully saturated rings. The number of esters is 1. The number of hydrogen-bond acceptors (Lipinski definition) is 6. The van der Waals surface area contributed by atoms with Crippen molar-refractivity contribution in [3.8, 4) is 0 Å². The van der Waals surface area contributed by atoms with Crippen molar-refractivity contribution in [2.45, 2.75) is 31.1 Å². The highest BCUT2D eigenvalue weighted by molar-refractivity contribution is 7.89. The summed E-state index contributed by atoms with van der Waals surface area (Å²) in [6.45, 7) is 1.99. The molecule has 2 heterocycles. The Bertz CT molecular complexity index is 1100. The summed E-state index contributed by atoms with van der Waals surface area (Å²) < 4.78 is 32.0. The number of carbonyl (C=O) groups excluding carboxylic acids is 2. The summed E-state index contributed by atoms with van der Waals surface area (Å²) >= 11 is 12.0. The lowest BCUT2D eigenvalue weighted by Crippen LogP contribution is -2.35. The fourth-order valence-corrected chi connectivity index (χ4v) is 5.02. The van der Waals surface area contributed by atoms with Crippen molar-refractivity contribution >= 4 is 50.9 Å². The van der Waals surface area contributed by atoms with Crippen molar-refractivity contribution in [3.63, 3.8) is 0 Å². The van der Waals surface area contributed by atoms with Gasteiger partial charge in [-0.05, 0) is 43.5 Å². The molecule has 11 heteroatoms. The Morgan fingerprint density at radius 3 is 2.61 bits per heavy atom. The third kappa shape index (κ3) is 5.54. The van der Waals surface area contributed by atoms with E-state index in [9.17, 15) is 18.0 Å². The average Bonchev–Trinajstić information content (AvgIpc) is 2.78. The number of benzene rings is 1. The standard InChI is InChI=1S/C20H21Cl2N3O5S/c1-13-16(21)11-23-19(18(13)22)24-17(26)12-30-20(27)14-6-5-7-15(10-14)31(28,29)25-8-3-2-4-9-25/h5-7,10-11H,2-4,8-9,12H2,1H3,(H,23,24,26). The van der Waals surface area contributed by atoms with Gasteiger partial charge in [-0.1, -0.05) is 35.7 Å². The molecule has 0 spiro atoms. The largest absolute Gasteiger partial charge is 0.452 e. The van der Waals surface area contributed by atoms with Gasteiger partial charge in [0.05, 0.1) is 20.5 Å². The van der Waals surface area contributed by atoms with Crippen LogP contribution in [0.5, 0.6) is 0 Å². The fourth-order valence-electron chi connectivity index (χ4n) is 3.06. The van der Waals surface area contributed by atoms with Crippen LogP contribution >= 0.6 is 23.2 Å². The summed E-state index contributed by atoms with van der Waals surface area (Å²) in [6.07, 6.45) is 3.96. The maximum absolute atomic E-state index is 12.8. The molecule has 1 aromatic heterocycles. The van der Waals surface area contributed by atoms with Crippen LogP contribution in [0.15, 0.2) is 35.4 Å².